The Labute approximate surface area is 116 Å². The molecule has 1 aliphatic heterocycles. The van der Waals surface area contributed by atoms with Crippen molar-refractivity contribution in [3.05, 3.63) is 0 Å². The van der Waals surface area contributed by atoms with Gasteiger partial charge < -0.3 is 4.48 Å². The molecule has 18 heavy (non-hydrogen) atoms. The van der Waals surface area contributed by atoms with E-state index >= 15 is 0 Å². The van der Waals surface area contributed by atoms with E-state index in [1.165, 1.54) is 4.42 Å². The molecule has 0 unspecified atom stereocenters. The van der Waals surface area contributed by atoms with Crippen LogP contribution in [0.1, 0.15) is 34.1 Å². The predicted octanol–water partition coefficient (Wildman–Crippen LogP) is 1.90. The van der Waals surface area contributed by atoms with Gasteiger partial charge in [-0.15, -0.1) is 0 Å². The highest BCUT2D eigenvalue weighted by Crippen LogP contribution is 2.39. The monoisotopic (exact) mass is 276 g/mol. The largest absolute Gasteiger partial charge is 0.331 e. The average molecular weight is 277 g/mol. The summed E-state index contributed by atoms with van der Waals surface area (Å²) in [5.74, 6) is -0.0144. The second-order valence-corrected chi connectivity index (χ2v) is 7.50. The van der Waals surface area contributed by atoms with E-state index in [0.29, 0.717) is 0 Å². The van der Waals surface area contributed by atoms with Gasteiger partial charge in [0.15, 0.2) is 0 Å². The number of hydrogen-bond acceptors (Lipinski definition) is 2. The summed E-state index contributed by atoms with van der Waals surface area (Å²) in [6, 6.07) is 0. The standard InChI is InChI=1S/C13H27ClN3O/c1-12(2)11(18)16(14)13(3,4)15(12)9-8-10-17(5,6)7/h8-10H2,1-7H3/q+1. The zero-order valence-electron chi connectivity index (χ0n) is 12.7. The molecule has 0 atom stereocenters. The van der Waals surface area contributed by atoms with Gasteiger partial charge in [0.1, 0.15) is 5.66 Å². The van der Waals surface area contributed by atoms with Crippen molar-refractivity contribution in [1.29, 1.82) is 0 Å². The lowest BCUT2D eigenvalue weighted by atomic mass is 10.0. The van der Waals surface area contributed by atoms with Crippen LogP contribution in [0.5, 0.6) is 0 Å². The number of halogens is 1. The maximum atomic E-state index is 12.2. The van der Waals surface area contributed by atoms with Gasteiger partial charge in [-0.1, -0.05) is 0 Å². The summed E-state index contributed by atoms with van der Waals surface area (Å²) in [5.41, 5.74) is -0.941. The van der Waals surface area contributed by atoms with Crippen LogP contribution in [-0.4, -0.2) is 65.1 Å². The van der Waals surface area contributed by atoms with Crippen molar-refractivity contribution in [3.8, 4) is 0 Å². The predicted molar refractivity (Wildman–Crippen MR) is 75.1 cm³/mol. The van der Waals surface area contributed by atoms with Crippen molar-refractivity contribution >= 4 is 17.7 Å². The van der Waals surface area contributed by atoms with E-state index in [9.17, 15) is 4.79 Å². The molecular weight excluding hydrogens is 250 g/mol. The highest BCUT2D eigenvalue weighted by molar-refractivity contribution is 6.23. The second kappa shape index (κ2) is 4.66. The zero-order valence-corrected chi connectivity index (χ0v) is 13.5. The summed E-state index contributed by atoms with van der Waals surface area (Å²) in [6.45, 7) is 9.86. The Morgan fingerprint density at radius 1 is 1.17 bits per heavy atom. The number of quaternary nitrogens is 1. The van der Waals surface area contributed by atoms with Gasteiger partial charge >= 0.3 is 0 Å². The minimum atomic E-state index is -0.518. The van der Waals surface area contributed by atoms with Crippen molar-refractivity contribution in [3.63, 3.8) is 0 Å². The van der Waals surface area contributed by atoms with Crippen LogP contribution in [-0.2, 0) is 4.79 Å². The fourth-order valence-corrected chi connectivity index (χ4v) is 2.95. The summed E-state index contributed by atoms with van der Waals surface area (Å²) in [5, 5.41) is 0. The quantitative estimate of drug-likeness (QED) is 0.578. The Bertz CT molecular complexity index is 334. The van der Waals surface area contributed by atoms with Crippen LogP contribution in [0.3, 0.4) is 0 Å². The lowest BCUT2D eigenvalue weighted by Crippen LogP contribution is -2.52. The molecule has 1 fully saturated rings. The summed E-state index contributed by atoms with van der Waals surface area (Å²) in [4.78, 5) is 14.4. The Hall–Kier alpha value is -0.320. The topological polar surface area (TPSA) is 23.6 Å². The average Bonchev–Trinajstić information content (AvgIpc) is 2.28. The third-order valence-corrected chi connectivity index (χ3v) is 4.30. The maximum absolute atomic E-state index is 12.2. The molecule has 0 aromatic carbocycles. The SMILES string of the molecule is CC1(C)C(=O)N(Cl)C(C)(C)N1CCC[N+](C)(C)C. The lowest BCUT2D eigenvalue weighted by molar-refractivity contribution is -0.870. The van der Waals surface area contributed by atoms with Crippen LogP contribution in [0.4, 0.5) is 0 Å². The molecule has 0 N–H and O–H groups in total. The first-order chi connectivity index (χ1) is 7.90. The normalized spacial score (nSPS) is 23.8. The van der Waals surface area contributed by atoms with E-state index < -0.39 is 11.2 Å². The number of carbonyl (C=O) groups excluding carboxylic acids is 1. The Morgan fingerprint density at radius 3 is 2.00 bits per heavy atom. The van der Waals surface area contributed by atoms with Gasteiger partial charge in [-0.05, 0) is 27.7 Å². The molecule has 1 rings (SSSR count). The van der Waals surface area contributed by atoms with E-state index in [2.05, 4.69) is 26.0 Å². The highest BCUT2D eigenvalue weighted by Gasteiger charge is 2.55. The zero-order chi connectivity index (χ0) is 14.4. The molecule has 1 heterocycles. The van der Waals surface area contributed by atoms with E-state index in [-0.39, 0.29) is 5.91 Å². The molecule has 0 bridgehead atoms. The maximum Gasteiger partial charge on any atom is 0.258 e. The van der Waals surface area contributed by atoms with Crippen LogP contribution in [0.25, 0.3) is 0 Å². The molecule has 0 aromatic rings. The summed E-state index contributed by atoms with van der Waals surface area (Å²) in [6.07, 6.45) is 1.05. The van der Waals surface area contributed by atoms with Crippen molar-refractivity contribution in [1.82, 2.24) is 9.32 Å². The van der Waals surface area contributed by atoms with Gasteiger partial charge in [0.05, 0.1) is 33.2 Å². The molecule has 1 amide bonds. The first-order valence-electron chi connectivity index (χ1n) is 6.49. The molecule has 0 spiro atoms. The summed E-state index contributed by atoms with van der Waals surface area (Å²) >= 11 is 6.14. The molecular formula is C13H27ClN3O+. The smallest absolute Gasteiger partial charge is 0.258 e. The third-order valence-electron chi connectivity index (χ3n) is 3.73. The molecule has 0 aliphatic carbocycles. The van der Waals surface area contributed by atoms with E-state index in [1.54, 1.807) is 0 Å². The van der Waals surface area contributed by atoms with Crippen molar-refractivity contribution in [2.75, 3.05) is 34.2 Å². The highest BCUT2D eigenvalue weighted by atomic mass is 35.5. The lowest BCUT2D eigenvalue weighted by Gasteiger charge is -2.38. The van der Waals surface area contributed by atoms with Gasteiger partial charge in [0, 0.05) is 24.7 Å². The van der Waals surface area contributed by atoms with Crippen LogP contribution in [0.15, 0.2) is 0 Å². The van der Waals surface area contributed by atoms with E-state index in [1.807, 2.05) is 27.7 Å². The van der Waals surface area contributed by atoms with Gasteiger partial charge in [0.25, 0.3) is 5.91 Å². The number of hydrogen-bond donors (Lipinski definition) is 0. The molecule has 1 aliphatic rings. The van der Waals surface area contributed by atoms with Crippen LogP contribution >= 0.6 is 11.8 Å². The van der Waals surface area contributed by atoms with Gasteiger partial charge in [-0.2, -0.15) is 0 Å². The molecule has 4 nitrogen and oxygen atoms in total. The summed E-state index contributed by atoms with van der Waals surface area (Å²) in [7, 11) is 6.54. The van der Waals surface area contributed by atoms with Crippen LogP contribution < -0.4 is 0 Å². The van der Waals surface area contributed by atoms with E-state index in [4.69, 9.17) is 11.8 Å². The molecule has 0 saturated carbocycles. The van der Waals surface area contributed by atoms with Gasteiger partial charge in [-0.3, -0.25) is 9.69 Å². The van der Waals surface area contributed by atoms with Crippen LogP contribution in [0.2, 0.25) is 0 Å². The molecule has 0 aromatic heterocycles. The minimum absolute atomic E-state index is 0.0144. The fourth-order valence-electron chi connectivity index (χ4n) is 2.65. The second-order valence-electron chi connectivity index (χ2n) is 7.16. The van der Waals surface area contributed by atoms with Gasteiger partial charge in [-0.25, -0.2) is 4.42 Å². The van der Waals surface area contributed by atoms with Crippen molar-refractivity contribution in [2.24, 2.45) is 0 Å². The first kappa shape index (κ1) is 15.7. The summed E-state index contributed by atoms with van der Waals surface area (Å²) < 4.78 is 2.28. The van der Waals surface area contributed by atoms with Crippen LogP contribution in [0, 0.1) is 0 Å². The molecule has 5 heteroatoms. The van der Waals surface area contributed by atoms with Gasteiger partial charge in [0.2, 0.25) is 0 Å². The Morgan fingerprint density at radius 2 is 1.67 bits per heavy atom. The number of carbonyl (C=O) groups is 1. The number of amides is 1. The molecule has 1 saturated heterocycles. The minimum Gasteiger partial charge on any atom is -0.331 e. The number of nitrogens with zero attached hydrogens (tertiary/aromatic N) is 3. The molecule has 106 valence electrons. The Kier molecular flexibility index (Phi) is 4.07. The number of rotatable bonds is 4. The fraction of sp³-hybridized carbons (Fsp3) is 0.923. The molecule has 0 radical (unpaired) electrons. The third kappa shape index (κ3) is 2.81. The van der Waals surface area contributed by atoms with E-state index in [0.717, 1.165) is 24.0 Å². The van der Waals surface area contributed by atoms with Crippen molar-refractivity contribution < 1.29 is 9.28 Å². The Balaban J connectivity index is 2.77. The first-order valence-corrected chi connectivity index (χ1v) is 6.83. The van der Waals surface area contributed by atoms with Crippen molar-refractivity contribution in [2.45, 2.75) is 45.3 Å².